The van der Waals surface area contributed by atoms with Crippen LogP contribution in [0.15, 0.2) is 36.9 Å². The van der Waals surface area contributed by atoms with Crippen LogP contribution in [0.25, 0.3) is 5.57 Å². The van der Waals surface area contributed by atoms with Crippen LogP contribution in [0.4, 0.5) is 0 Å². The third-order valence-corrected chi connectivity index (χ3v) is 2.13. The first kappa shape index (κ1) is 14.4. The minimum Gasteiger partial charge on any atom is -0.272 e. The van der Waals surface area contributed by atoms with E-state index in [1.165, 1.54) is 0 Å². The van der Waals surface area contributed by atoms with E-state index in [2.05, 4.69) is 17.7 Å². The molecule has 16 heavy (non-hydrogen) atoms. The van der Waals surface area contributed by atoms with Gasteiger partial charge < -0.3 is 0 Å². The number of aryl methyl sites for hydroxylation is 2. The Balaban J connectivity index is 0.00000106. The first-order valence-corrected chi connectivity index (χ1v) is 5.65. The predicted molar refractivity (Wildman–Crippen MR) is 72.3 cm³/mol. The zero-order valence-electron chi connectivity index (χ0n) is 11.0. The first-order chi connectivity index (χ1) is 7.69. The molecule has 0 unspecified atom stereocenters. The van der Waals surface area contributed by atoms with Gasteiger partial charge in [-0.1, -0.05) is 44.7 Å². The zero-order valence-corrected chi connectivity index (χ0v) is 11.0. The Kier molecular flexibility index (Phi) is 6.93. The highest BCUT2D eigenvalue weighted by atomic mass is 15.3. The third kappa shape index (κ3) is 3.89. The van der Waals surface area contributed by atoms with Crippen LogP contribution in [0.2, 0.25) is 0 Å². The lowest BCUT2D eigenvalue weighted by molar-refractivity contribution is 0.737. The lowest BCUT2D eigenvalue weighted by Gasteiger charge is -1.94. The van der Waals surface area contributed by atoms with E-state index in [9.17, 15) is 0 Å². The van der Waals surface area contributed by atoms with Crippen molar-refractivity contribution in [3.63, 3.8) is 0 Å². The van der Waals surface area contributed by atoms with Gasteiger partial charge in [-0.25, -0.2) is 0 Å². The molecule has 0 saturated heterocycles. The molecule has 0 N–H and O–H groups in total. The molecule has 2 heteroatoms. The van der Waals surface area contributed by atoms with Gasteiger partial charge in [0.1, 0.15) is 0 Å². The Morgan fingerprint density at radius 2 is 2.06 bits per heavy atom. The van der Waals surface area contributed by atoms with E-state index in [1.54, 1.807) is 6.08 Å². The fraction of sp³-hybridized carbons (Fsp3) is 0.357. The number of aromatic nitrogens is 2. The lowest BCUT2D eigenvalue weighted by Crippen LogP contribution is -1.92. The van der Waals surface area contributed by atoms with Crippen LogP contribution in [-0.4, -0.2) is 9.78 Å². The quantitative estimate of drug-likeness (QED) is 0.703. The molecule has 0 aliphatic carbocycles. The van der Waals surface area contributed by atoms with Gasteiger partial charge in [-0.15, -0.1) is 0 Å². The zero-order chi connectivity index (χ0) is 12.6. The first-order valence-electron chi connectivity index (χ1n) is 5.65. The van der Waals surface area contributed by atoms with Crippen molar-refractivity contribution in [2.24, 2.45) is 7.05 Å². The van der Waals surface area contributed by atoms with Gasteiger partial charge in [-0.05, 0) is 25.5 Å². The monoisotopic (exact) mass is 218 g/mol. The highest BCUT2D eigenvalue weighted by Crippen LogP contribution is 2.15. The minimum atomic E-state index is 1.01. The van der Waals surface area contributed by atoms with Crippen LogP contribution in [0.1, 0.15) is 32.2 Å². The van der Waals surface area contributed by atoms with Crippen molar-refractivity contribution in [1.82, 2.24) is 9.78 Å². The molecule has 0 amide bonds. The molecular weight excluding hydrogens is 196 g/mol. The second-order valence-corrected chi connectivity index (χ2v) is 3.13. The van der Waals surface area contributed by atoms with Gasteiger partial charge in [0.25, 0.3) is 0 Å². The van der Waals surface area contributed by atoms with Gasteiger partial charge in [0, 0.05) is 12.7 Å². The number of rotatable bonds is 3. The molecule has 88 valence electrons. The highest BCUT2D eigenvalue weighted by molar-refractivity contribution is 5.71. The summed E-state index contributed by atoms with van der Waals surface area (Å²) in [6.45, 7) is 11.7. The van der Waals surface area contributed by atoms with Crippen molar-refractivity contribution in [2.45, 2.75) is 27.7 Å². The van der Waals surface area contributed by atoms with Gasteiger partial charge in [-0.3, -0.25) is 4.68 Å². The Hall–Kier alpha value is -1.57. The molecule has 2 nitrogen and oxygen atoms in total. The van der Waals surface area contributed by atoms with Gasteiger partial charge in [0.15, 0.2) is 0 Å². The lowest BCUT2D eigenvalue weighted by atomic mass is 10.1. The number of nitrogens with zero attached hydrogens (tertiary/aromatic N) is 2. The third-order valence-electron chi connectivity index (χ3n) is 2.13. The fourth-order valence-corrected chi connectivity index (χ4v) is 1.20. The maximum Gasteiger partial charge on any atom is 0.0922 e. The average molecular weight is 218 g/mol. The Bertz CT molecular complexity index is 362. The Labute approximate surface area is 99.0 Å². The molecule has 0 radical (unpaired) electrons. The summed E-state index contributed by atoms with van der Waals surface area (Å²) in [7, 11) is 1.95. The van der Waals surface area contributed by atoms with Crippen LogP contribution in [0.3, 0.4) is 0 Å². The minimum absolute atomic E-state index is 1.01. The van der Waals surface area contributed by atoms with Crippen LogP contribution in [0.5, 0.6) is 0 Å². The van der Waals surface area contributed by atoms with Crippen LogP contribution >= 0.6 is 0 Å². The van der Waals surface area contributed by atoms with E-state index in [1.807, 2.05) is 57.7 Å². The fourth-order valence-electron chi connectivity index (χ4n) is 1.20. The van der Waals surface area contributed by atoms with Crippen LogP contribution in [0, 0.1) is 6.92 Å². The van der Waals surface area contributed by atoms with Gasteiger partial charge >= 0.3 is 0 Å². The predicted octanol–water partition coefficient (Wildman–Crippen LogP) is 3.90. The highest BCUT2D eigenvalue weighted by Gasteiger charge is 2.02. The maximum atomic E-state index is 4.40. The summed E-state index contributed by atoms with van der Waals surface area (Å²) >= 11 is 0. The second-order valence-electron chi connectivity index (χ2n) is 3.13. The van der Waals surface area contributed by atoms with Crippen molar-refractivity contribution in [3.8, 4) is 0 Å². The molecule has 0 aliphatic heterocycles. The Morgan fingerprint density at radius 3 is 2.44 bits per heavy atom. The van der Waals surface area contributed by atoms with E-state index in [4.69, 9.17) is 0 Å². The van der Waals surface area contributed by atoms with Crippen molar-refractivity contribution < 1.29 is 0 Å². The molecule has 1 heterocycles. The molecule has 0 saturated carbocycles. The van der Waals surface area contributed by atoms with Crippen molar-refractivity contribution in [2.75, 3.05) is 0 Å². The molecule has 0 fully saturated rings. The van der Waals surface area contributed by atoms with E-state index in [0.717, 1.165) is 17.0 Å². The van der Waals surface area contributed by atoms with E-state index in [-0.39, 0.29) is 0 Å². The largest absolute Gasteiger partial charge is 0.272 e. The van der Waals surface area contributed by atoms with Crippen molar-refractivity contribution >= 4 is 5.57 Å². The summed E-state index contributed by atoms with van der Waals surface area (Å²) in [5, 5.41) is 4.40. The van der Waals surface area contributed by atoms with Crippen molar-refractivity contribution in [1.29, 1.82) is 0 Å². The summed E-state index contributed by atoms with van der Waals surface area (Å²) in [6, 6.07) is 2.07. The smallest absolute Gasteiger partial charge is 0.0922 e. The molecule has 0 spiro atoms. The molecule has 1 aromatic rings. The second kappa shape index (κ2) is 7.69. The average Bonchev–Trinajstić information content (AvgIpc) is 2.63. The van der Waals surface area contributed by atoms with Crippen LogP contribution in [-0.2, 0) is 7.05 Å². The maximum absolute atomic E-state index is 4.40. The number of hydrogen-bond acceptors (Lipinski definition) is 1. The van der Waals surface area contributed by atoms with E-state index in [0.29, 0.717) is 0 Å². The standard InChI is InChI=1S/C12H16N2.C2H6/c1-5-7-8-11(6-2)12-9-10(3)14(4)13-12;1-2/h5-9H,1H2,2-4H3;1-2H3/b8-7-,11-6+;. The molecule has 0 bridgehead atoms. The summed E-state index contributed by atoms with van der Waals surface area (Å²) in [5.41, 5.74) is 3.28. The summed E-state index contributed by atoms with van der Waals surface area (Å²) < 4.78 is 1.88. The Morgan fingerprint density at radius 1 is 1.44 bits per heavy atom. The summed E-state index contributed by atoms with van der Waals surface area (Å²) in [5.74, 6) is 0. The summed E-state index contributed by atoms with van der Waals surface area (Å²) in [4.78, 5) is 0. The topological polar surface area (TPSA) is 17.8 Å². The van der Waals surface area contributed by atoms with Crippen molar-refractivity contribution in [3.05, 3.63) is 48.3 Å². The van der Waals surface area contributed by atoms with Gasteiger partial charge in [0.2, 0.25) is 0 Å². The normalized spacial score (nSPS) is 11.2. The number of hydrogen-bond donors (Lipinski definition) is 0. The van der Waals surface area contributed by atoms with Gasteiger partial charge in [0.05, 0.1) is 5.69 Å². The van der Waals surface area contributed by atoms with E-state index < -0.39 is 0 Å². The van der Waals surface area contributed by atoms with Crippen LogP contribution < -0.4 is 0 Å². The summed E-state index contributed by atoms with van der Waals surface area (Å²) in [6.07, 6.45) is 7.73. The molecular formula is C14H22N2. The molecule has 1 aromatic heterocycles. The molecule has 1 rings (SSSR count). The SMILES string of the molecule is C=C/C=C\C(=C/C)c1cc(C)n(C)n1.CC. The van der Waals surface area contributed by atoms with Gasteiger partial charge in [-0.2, -0.15) is 5.10 Å². The molecule has 0 atom stereocenters. The molecule has 0 aromatic carbocycles. The van der Waals surface area contributed by atoms with E-state index >= 15 is 0 Å². The molecule has 0 aliphatic rings. The number of allylic oxidation sites excluding steroid dienone is 5.